The summed E-state index contributed by atoms with van der Waals surface area (Å²) in [6.07, 6.45) is 4.07. The number of hydrogen-bond acceptors (Lipinski definition) is 5. The first-order valence-electron chi connectivity index (χ1n) is 9.31. The number of aromatic nitrogens is 3. The molecular formula is C19H26N4O2. The lowest BCUT2D eigenvalue weighted by molar-refractivity contribution is -0.0337. The van der Waals surface area contributed by atoms with Crippen LogP contribution < -0.4 is 4.74 Å². The van der Waals surface area contributed by atoms with Crippen molar-refractivity contribution in [3.63, 3.8) is 0 Å². The minimum Gasteiger partial charge on any atom is -0.493 e. The number of hydrogen-bond donors (Lipinski definition) is 1. The fraction of sp³-hybridized carbons (Fsp3) is 0.579. The van der Waals surface area contributed by atoms with E-state index in [1.54, 1.807) is 0 Å². The Hall–Kier alpha value is -1.92. The fourth-order valence-corrected chi connectivity index (χ4v) is 3.55. The van der Waals surface area contributed by atoms with Gasteiger partial charge in [0.15, 0.2) is 5.82 Å². The summed E-state index contributed by atoms with van der Waals surface area (Å²) in [6.45, 7) is 6.56. The van der Waals surface area contributed by atoms with Gasteiger partial charge in [-0.25, -0.2) is 4.98 Å². The van der Waals surface area contributed by atoms with E-state index in [4.69, 9.17) is 9.47 Å². The van der Waals surface area contributed by atoms with Crippen LogP contribution in [0.15, 0.2) is 18.2 Å². The number of aryl methyl sites for hydroxylation is 1. The van der Waals surface area contributed by atoms with Crippen LogP contribution in [0.2, 0.25) is 0 Å². The minimum atomic E-state index is -0.0240. The van der Waals surface area contributed by atoms with Crippen molar-refractivity contribution in [1.82, 2.24) is 20.1 Å². The number of aromatic amines is 1. The summed E-state index contributed by atoms with van der Waals surface area (Å²) in [7, 11) is 0. The highest BCUT2D eigenvalue weighted by atomic mass is 16.5. The summed E-state index contributed by atoms with van der Waals surface area (Å²) >= 11 is 0. The predicted octanol–water partition coefficient (Wildman–Crippen LogP) is 2.31. The van der Waals surface area contributed by atoms with Crippen LogP contribution in [-0.4, -0.2) is 52.9 Å². The number of fused-ring (bicyclic) bond motifs is 1. The lowest BCUT2D eigenvalue weighted by Crippen LogP contribution is -2.39. The molecule has 3 heterocycles. The van der Waals surface area contributed by atoms with Crippen molar-refractivity contribution < 1.29 is 9.47 Å². The maximum atomic E-state index is 5.90. The Morgan fingerprint density at radius 2 is 2.24 bits per heavy atom. The molecule has 1 N–H and O–H groups in total. The summed E-state index contributed by atoms with van der Waals surface area (Å²) in [4.78, 5) is 7.04. The molecule has 0 amide bonds. The summed E-state index contributed by atoms with van der Waals surface area (Å²) in [5.74, 6) is 2.81. The molecule has 1 aromatic carbocycles. The van der Waals surface area contributed by atoms with Crippen molar-refractivity contribution in [3.05, 3.63) is 41.0 Å². The molecule has 134 valence electrons. The van der Waals surface area contributed by atoms with E-state index >= 15 is 0 Å². The number of nitrogens with one attached hydrogen (secondary N) is 1. The zero-order valence-electron chi connectivity index (χ0n) is 14.8. The average molecular weight is 342 g/mol. The second-order valence-corrected chi connectivity index (χ2v) is 6.84. The van der Waals surface area contributed by atoms with Crippen LogP contribution in [0, 0.1) is 0 Å². The first-order chi connectivity index (χ1) is 12.3. The van der Waals surface area contributed by atoms with Gasteiger partial charge in [-0.2, -0.15) is 5.10 Å². The Bertz CT molecular complexity index is 715. The van der Waals surface area contributed by atoms with Gasteiger partial charge < -0.3 is 9.47 Å². The van der Waals surface area contributed by atoms with E-state index in [2.05, 4.69) is 45.2 Å². The van der Waals surface area contributed by atoms with Gasteiger partial charge in [0.2, 0.25) is 0 Å². The molecule has 0 aliphatic carbocycles. The highest BCUT2D eigenvalue weighted by molar-refractivity contribution is 5.39. The van der Waals surface area contributed by atoms with E-state index in [1.165, 1.54) is 11.1 Å². The van der Waals surface area contributed by atoms with Crippen molar-refractivity contribution in [2.45, 2.75) is 38.7 Å². The van der Waals surface area contributed by atoms with Crippen LogP contribution >= 0.6 is 0 Å². The lowest BCUT2D eigenvalue weighted by Gasteiger charge is -2.31. The van der Waals surface area contributed by atoms with Gasteiger partial charge in [0.25, 0.3) is 0 Å². The van der Waals surface area contributed by atoms with Gasteiger partial charge in [0, 0.05) is 32.5 Å². The normalized spacial score (nSPS) is 20.4. The number of benzene rings is 1. The fourth-order valence-electron chi connectivity index (χ4n) is 3.55. The molecule has 1 aromatic heterocycles. The van der Waals surface area contributed by atoms with Crippen molar-refractivity contribution in [2.24, 2.45) is 0 Å². The van der Waals surface area contributed by atoms with E-state index in [0.29, 0.717) is 0 Å². The van der Waals surface area contributed by atoms with Gasteiger partial charge in [-0.3, -0.25) is 10.00 Å². The Morgan fingerprint density at radius 1 is 1.28 bits per heavy atom. The number of rotatable bonds is 6. The van der Waals surface area contributed by atoms with E-state index in [0.717, 1.165) is 75.9 Å². The van der Waals surface area contributed by atoms with E-state index in [-0.39, 0.29) is 6.10 Å². The Morgan fingerprint density at radius 3 is 3.16 bits per heavy atom. The average Bonchev–Trinajstić information content (AvgIpc) is 3.29. The molecule has 0 radical (unpaired) electrons. The second kappa shape index (κ2) is 7.54. The van der Waals surface area contributed by atoms with Crippen molar-refractivity contribution >= 4 is 0 Å². The molecule has 2 aromatic rings. The molecule has 1 atom stereocenters. The van der Waals surface area contributed by atoms with Gasteiger partial charge in [0.1, 0.15) is 17.7 Å². The van der Waals surface area contributed by atoms with Crippen LogP contribution in [0.25, 0.3) is 0 Å². The molecule has 6 heteroatoms. The molecule has 4 rings (SSSR count). The molecule has 0 unspecified atom stereocenters. The van der Waals surface area contributed by atoms with Gasteiger partial charge in [-0.15, -0.1) is 0 Å². The van der Waals surface area contributed by atoms with Crippen LogP contribution in [0.5, 0.6) is 5.75 Å². The van der Waals surface area contributed by atoms with Gasteiger partial charge in [0.05, 0.1) is 13.2 Å². The first-order valence-corrected chi connectivity index (χ1v) is 9.31. The number of ether oxygens (including phenoxy) is 2. The van der Waals surface area contributed by atoms with Gasteiger partial charge in [-0.05, 0) is 30.0 Å². The molecule has 0 spiro atoms. The maximum Gasteiger partial charge on any atom is 0.180 e. The monoisotopic (exact) mass is 342 g/mol. The Kier molecular flexibility index (Phi) is 4.99. The van der Waals surface area contributed by atoms with E-state index < -0.39 is 0 Å². The Labute approximate surface area is 148 Å². The zero-order chi connectivity index (χ0) is 17.1. The summed E-state index contributed by atoms with van der Waals surface area (Å²) in [6, 6.07) is 6.60. The molecule has 1 saturated heterocycles. The minimum absolute atomic E-state index is 0.0240. The first kappa shape index (κ1) is 16.5. The molecule has 6 nitrogen and oxygen atoms in total. The van der Waals surface area contributed by atoms with Crippen molar-refractivity contribution in [1.29, 1.82) is 0 Å². The van der Waals surface area contributed by atoms with Gasteiger partial charge in [-0.1, -0.05) is 19.1 Å². The molecular weight excluding hydrogens is 316 g/mol. The third-order valence-corrected chi connectivity index (χ3v) is 4.94. The lowest BCUT2D eigenvalue weighted by atomic mass is 10.1. The van der Waals surface area contributed by atoms with Crippen LogP contribution in [-0.2, 0) is 24.0 Å². The molecule has 2 aliphatic rings. The van der Waals surface area contributed by atoms with Crippen molar-refractivity contribution in [2.75, 3.05) is 32.8 Å². The molecule has 0 bridgehead atoms. The summed E-state index contributed by atoms with van der Waals surface area (Å²) in [5, 5.41) is 7.38. The number of nitrogens with zero attached hydrogens (tertiary/aromatic N) is 3. The second-order valence-electron chi connectivity index (χ2n) is 6.84. The SMILES string of the molecule is CCCc1nc([C@@H]2CN(CCc3ccc4c(c3)CCO4)CCO2)n[nH]1. The standard InChI is InChI=1S/C19H26N4O2/c1-2-3-18-20-19(22-21-18)17-13-23(9-11-25-17)8-6-14-4-5-16-15(12-14)7-10-24-16/h4-5,12,17H,2-3,6-11,13H2,1H3,(H,20,21,22)/t17-/m0/s1. The number of morpholine rings is 1. The third kappa shape index (κ3) is 3.85. The molecule has 25 heavy (non-hydrogen) atoms. The molecule has 2 aliphatic heterocycles. The third-order valence-electron chi connectivity index (χ3n) is 4.94. The highest BCUT2D eigenvalue weighted by Crippen LogP contribution is 2.26. The van der Waals surface area contributed by atoms with Crippen molar-refractivity contribution in [3.8, 4) is 5.75 Å². The summed E-state index contributed by atoms with van der Waals surface area (Å²) in [5.41, 5.74) is 2.73. The van der Waals surface area contributed by atoms with Crippen LogP contribution in [0.3, 0.4) is 0 Å². The largest absolute Gasteiger partial charge is 0.493 e. The van der Waals surface area contributed by atoms with E-state index in [1.807, 2.05) is 0 Å². The maximum absolute atomic E-state index is 5.90. The zero-order valence-corrected chi connectivity index (χ0v) is 14.8. The predicted molar refractivity (Wildman–Crippen MR) is 94.9 cm³/mol. The molecule has 1 fully saturated rings. The smallest absolute Gasteiger partial charge is 0.180 e. The summed E-state index contributed by atoms with van der Waals surface area (Å²) < 4.78 is 11.5. The number of H-pyrrole nitrogens is 1. The molecule has 0 saturated carbocycles. The topological polar surface area (TPSA) is 63.3 Å². The van der Waals surface area contributed by atoms with Crippen LogP contribution in [0.4, 0.5) is 0 Å². The Balaban J connectivity index is 1.33. The van der Waals surface area contributed by atoms with Gasteiger partial charge >= 0.3 is 0 Å². The highest BCUT2D eigenvalue weighted by Gasteiger charge is 2.25. The van der Waals surface area contributed by atoms with E-state index in [9.17, 15) is 0 Å². The van der Waals surface area contributed by atoms with Crippen LogP contribution in [0.1, 0.15) is 42.2 Å². The quantitative estimate of drug-likeness (QED) is 0.873.